The third-order valence-corrected chi connectivity index (χ3v) is 5.88. The van der Waals surface area contributed by atoms with Gasteiger partial charge in [-0.3, -0.25) is 9.59 Å². The lowest BCUT2D eigenvalue weighted by atomic mass is 10.1. The first-order valence-electron chi connectivity index (χ1n) is 9.25. The zero-order chi connectivity index (χ0) is 20.4. The van der Waals surface area contributed by atoms with Crippen LogP contribution < -0.4 is 4.90 Å². The molecule has 2 aromatic carbocycles. The highest BCUT2D eigenvalue weighted by Gasteiger charge is 2.22. The smallest absolute Gasteiger partial charge is 0.227 e. The number of carbonyl (C=O) groups excluding carboxylic acids is 2. The van der Waals surface area contributed by atoms with Crippen molar-refractivity contribution in [2.24, 2.45) is 7.05 Å². The molecule has 1 aromatic heterocycles. The van der Waals surface area contributed by atoms with E-state index in [4.69, 9.17) is 0 Å². The predicted molar refractivity (Wildman–Crippen MR) is 109 cm³/mol. The van der Waals surface area contributed by atoms with E-state index in [0.717, 1.165) is 18.7 Å². The average Bonchev–Trinajstić information content (AvgIpc) is 3.32. The Morgan fingerprint density at radius 3 is 2.59 bits per heavy atom. The number of nitrogens with zero attached hydrogens (tertiary/aromatic N) is 4. The molecule has 1 fully saturated rings. The molecular formula is C21H19FN4O2S. The van der Waals surface area contributed by atoms with Crippen molar-refractivity contribution in [1.29, 1.82) is 0 Å². The van der Waals surface area contributed by atoms with E-state index in [9.17, 15) is 14.0 Å². The normalized spacial score (nSPS) is 13.9. The van der Waals surface area contributed by atoms with Crippen molar-refractivity contribution in [1.82, 2.24) is 14.8 Å². The zero-order valence-corrected chi connectivity index (χ0v) is 16.7. The van der Waals surface area contributed by atoms with E-state index in [1.165, 1.54) is 17.8 Å². The molecule has 1 aliphatic rings. The maximum atomic E-state index is 14.0. The minimum atomic E-state index is -0.368. The summed E-state index contributed by atoms with van der Waals surface area (Å²) in [4.78, 5) is 26.1. The fraction of sp³-hybridized carbons (Fsp3) is 0.238. The van der Waals surface area contributed by atoms with Gasteiger partial charge in [0.1, 0.15) is 5.82 Å². The van der Waals surface area contributed by atoms with Crippen molar-refractivity contribution in [2.45, 2.75) is 18.0 Å². The van der Waals surface area contributed by atoms with Crippen molar-refractivity contribution in [3.63, 3.8) is 0 Å². The van der Waals surface area contributed by atoms with Gasteiger partial charge in [-0.1, -0.05) is 23.9 Å². The number of halogens is 1. The van der Waals surface area contributed by atoms with Crippen LogP contribution in [0.5, 0.6) is 0 Å². The topological polar surface area (TPSA) is 68.1 Å². The number of thioether (sulfide) groups is 1. The van der Waals surface area contributed by atoms with Crippen molar-refractivity contribution in [3.8, 4) is 11.4 Å². The van der Waals surface area contributed by atoms with Crippen molar-refractivity contribution in [2.75, 3.05) is 17.2 Å². The molecule has 6 nitrogen and oxygen atoms in total. The standard InChI is InChI=1S/C21H19FN4O2S/c1-25-20(16-5-2-3-6-17(16)22)23-24-21(25)29-13-18(27)14-8-10-15(11-9-14)26-12-4-7-19(26)28/h2-3,5-6,8-11H,4,7,12-13H2,1H3. The molecule has 1 saturated heterocycles. The summed E-state index contributed by atoms with van der Waals surface area (Å²) in [5, 5.41) is 8.69. The molecule has 4 rings (SSSR count). The van der Waals surface area contributed by atoms with E-state index in [-0.39, 0.29) is 23.3 Å². The molecule has 2 heterocycles. The highest BCUT2D eigenvalue weighted by atomic mass is 32.2. The summed E-state index contributed by atoms with van der Waals surface area (Å²) in [6, 6.07) is 13.5. The quantitative estimate of drug-likeness (QED) is 0.458. The molecule has 0 aliphatic carbocycles. The fourth-order valence-electron chi connectivity index (χ4n) is 3.28. The molecule has 3 aromatic rings. The number of rotatable bonds is 6. The Bertz CT molecular complexity index is 1060. The van der Waals surface area contributed by atoms with Crippen LogP contribution in [0.2, 0.25) is 0 Å². The van der Waals surface area contributed by atoms with Gasteiger partial charge in [-0.2, -0.15) is 0 Å². The Labute approximate surface area is 171 Å². The number of benzene rings is 2. The lowest BCUT2D eigenvalue weighted by molar-refractivity contribution is -0.117. The van der Waals surface area contributed by atoms with Crippen LogP contribution in [-0.2, 0) is 11.8 Å². The number of hydrogen-bond donors (Lipinski definition) is 0. The summed E-state index contributed by atoms with van der Waals surface area (Å²) >= 11 is 1.25. The molecule has 0 unspecified atom stereocenters. The summed E-state index contributed by atoms with van der Waals surface area (Å²) in [6.45, 7) is 0.721. The maximum Gasteiger partial charge on any atom is 0.227 e. The van der Waals surface area contributed by atoms with Gasteiger partial charge in [0.15, 0.2) is 16.8 Å². The molecule has 0 bridgehead atoms. The van der Waals surface area contributed by atoms with Gasteiger partial charge in [0.25, 0.3) is 0 Å². The molecule has 0 N–H and O–H groups in total. The Kier molecular flexibility index (Phi) is 5.44. The second-order valence-electron chi connectivity index (χ2n) is 6.75. The monoisotopic (exact) mass is 410 g/mol. The van der Waals surface area contributed by atoms with Gasteiger partial charge in [-0.05, 0) is 42.8 Å². The van der Waals surface area contributed by atoms with E-state index in [2.05, 4.69) is 10.2 Å². The molecule has 8 heteroatoms. The number of Topliss-reactive ketones (excluding diaryl/α,β-unsaturated/α-hetero) is 1. The van der Waals surface area contributed by atoms with Crippen LogP contribution in [0.3, 0.4) is 0 Å². The highest BCUT2D eigenvalue weighted by Crippen LogP contribution is 2.26. The molecule has 0 atom stereocenters. The first kappa shape index (κ1) is 19.3. The van der Waals surface area contributed by atoms with Crippen LogP contribution in [0.1, 0.15) is 23.2 Å². The number of amides is 1. The van der Waals surface area contributed by atoms with E-state index in [1.807, 2.05) is 0 Å². The predicted octanol–water partition coefficient (Wildman–Crippen LogP) is 3.72. The first-order valence-corrected chi connectivity index (χ1v) is 10.2. The summed E-state index contributed by atoms with van der Waals surface area (Å²) in [5.74, 6) is 0.299. The number of hydrogen-bond acceptors (Lipinski definition) is 5. The Morgan fingerprint density at radius 1 is 1.14 bits per heavy atom. The number of anilines is 1. The molecular weight excluding hydrogens is 391 g/mol. The molecule has 1 aliphatic heterocycles. The van der Waals surface area contributed by atoms with Crippen molar-refractivity contribution in [3.05, 3.63) is 59.9 Å². The van der Waals surface area contributed by atoms with Crippen molar-refractivity contribution < 1.29 is 14.0 Å². The van der Waals surface area contributed by atoms with Crippen LogP contribution >= 0.6 is 11.8 Å². The lowest BCUT2D eigenvalue weighted by Crippen LogP contribution is -2.23. The summed E-state index contributed by atoms with van der Waals surface area (Å²) < 4.78 is 15.7. The SMILES string of the molecule is Cn1c(SCC(=O)c2ccc(N3CCCC3=O)cc2)nnc1-c1ccccc1F. The van der Waals surface area contributed by atoms with E-state index >= 15 is 0 Å². The van der Waals surface area contributed by atoms with Gasteiger partial charge in [0.05, 0.1) is 11.3 Å². The lowest BCUT2D eigenvalue weighted by Gasteiger charge is -2.15. The van der Waals surface area contributed by atoms with Crippen LogP contribution in [-0.4, -0.2) is 38.8 Å². The van der Waals surface area contributed by atoms with E-state index < -0.39 is 0 Å². The van der Waals surface area contributed by atoms with Gasteiger partial charge in [-0.15, -0.1) is 10.2 Å². The van der Waals surface area contributed by atoms with Crippen LogP contribution in [0.4, 0.5) is 10.1 Å². The van der Waals surface area contributed by atoms with Crippen LogP contribution in [0, 0.1) is 5.82 Å². The first-order chi connectivity index (χ1) is 14.0. The van der Waals surface area contributed by atoms with E-state index in [1.54, 1.807) is 59.0 Å². The third-order valence-electron chi connectivity index (χ3n) is 4.86. The highest BCUT2D eigenvalue weighted by molar-refractivity contribution is 7.99. The van der Waals surface area contributed by atoms with Crippen molar-refractivity contribution >= 4 is 29.1 Å². The second kappa shape index (κ2) is 8.16. The summed E-state index contributed by atoms with van der Waals surface area (Å²) in [5.41, 5.74) is 1.76. The van der Waals surface area contributed by atoms with Gasteiger partial charge in [-0.25, -0.2) is 4.39 Å². The number of aromatic nitrogens is 3. The second-order valence-corrected chi connectivity index (χ2v) is 7.70. The number of carbonyl (C=O) groups is 2. The molecule has 1 amide bonds. The van der Waals surface area contributed by atoms with Gasteiger partial charge >= 0.3 is 0 Å². The van der Waals surface area contributed by atoms with Crippen LogP contribution in [0.15, 0.2) is 53.7 Å². The zero-order valence-electron chi connectivity index (χ0n) is 15.8. The molecule has 29 heavy (non-hydrogen) atoms. The third kappa shape index (κ3) is 3.93. The Hall–Kier alpha value is -3.00. The molecule has 0 radical (unpaired) electrons. The molecule has 0 spiro atoms. The molecule has 148 valence electrons. The summed E-state index contributed by atoms with van der Waals surface area (Å²) in [7, 11) is 1.75. The van der Waals surface area contributed by atoms with E-state index in [0.29, 0.717) is 28.5 Å². The van der Waals surface area contributed by atoms with Gasteiger partial charge in [0, 0.05) is 31.3 Å². The Morgan fingerprint density at radius 2 is 1.90 bits per heavy atom. The van der Waals surface area contributed by atoms with Gasteiger partial charge in [0.2, 0.25) is 5.91 Å². The van der Waals surface area contributed by atoms with Crippen LogP contribution in [0.25, 0.3) is 11.4 Å². The Balaban J connectivity index is 1.42. The summed E-state index contributed by atoms with van der Waals surface area (Å²) in [6.07, 6.45) is 1.44. The average molecular weight is 410 g/mol. The minimum Gasteiger partial charge on any atom is -0.312 e. The minimum absolute atomic E-state index is 0.0512. The fourth-order valence-corrected chi connectivity index (χ4v) is 4.09. The largest absolute Gasteiger partial charge is 0.312 e. The number of ketones is 1. The van der Waals surface area contributed by atoms with Gasteiger partial charge < -0.3 is 9.47 Å². The maximum absolute atomic E-state index is 14.0. The molecule has 0 saturated carbocycles.